The van der Waals surface area contributed by atoms with Gasteiger partial charge in [0.15, 0.2) is 0 Å². The fraction of sp³-hybridized carbons (Fsp3) is 0.0714. The van der Waals surface area contributed by atoms with Crippen molar-refractivity contribution < 1.29 is 9.53 Å². The first kappa shape index (κ1) is 13.8. The van der Waals surface area contributed by atoms with Crippen molar-refractivity contribution in [1.29, 1.82) is 5.26 Å². The molecule has 5 nitrogen and oxygen atoms in total. The molecular formula is C14H10ClN3O2. The lowest BCUT2D eigenvalue weighted by Gasteiger charge is -2.00. The molecule has 0 saturated heterocycles. The Morgan fingerprint density at radius 1 is 1.45 bits per heavy atom. The Morgan fingerprint density at radius 3 is 2.75 bits per heavy atom. The van der Waals surface area contributed by atoms with Crippen molar-refractivity contribution in [2.75, 3.05) is 7.11 Å². The Balaban J connectivity index is 2.29. The first-order valence-electron chi connectivity index (χ1n) is 5.65. The standard InChI is InChI=1S/C14H10ClN3O2/c1-20-14(19)11(7-16)6-10-8-17-18(9-10)13-4-2-12(15)3-5-13/h2-6,8-9H,1H3/b11-6+. The molecule has 0 fully saturated rings. The molecule has 0 aliphatic carbocycles. The van der Waals surface area contributed by atoms with Crippen LogP contribution in [0.5, 0.6) is 0 Å². The van der Waals surface area contributed by atoms with Gasteiger partial charge in [-0.3, -0.25) is 0 Å². The summed E-state index contributed by atoms with van der Waals surface area (Å²) in [5, 5.41) is 13.7. The fourth-order valence-electron chi connectivity index (χ4n) is 1.56. The molecule has 0 atom stereocenters. The number of aromatic nitrogens is 2. The van der Waals surface area contributed by atoms with Crippen LogP contribution in [0.1, 0.15) is 5.56 Å². The molecule has 0 amide bonds. The van der Waals surface area contributed by atoms with Gasteiger partial charge in [0.25, 0.3) is 0 Å². The molecule has 20 heavy (non-hydrogen) atoms. The summed E-state index contributed by atoms with van der Waals surface area (Å²) in [6, 6.07) is 8.92. The highest BCUT2D eigenvalue weighted by Gasteiger charge is 2.09. The number of nitrogens with zero attached hydrogens (tertiary/aromatic N) is 3. The first-order chi connectivity index (χ1) is 9.63. The van der Waals surface area contributed by atoms with Crippen LogP contribution in [0.25, 0.3) is 11.8 Å². The third-order valence-corrected chi connectivity index (χ3v) is 2.78. The number of ether oxygens (including phenoxy) is 1. The molecule has 0 saturated carbocycles. The lowest BCUT2D eigenvalue weighted by Crippen LogP contribution is -2.02. The molecule has 6 heteroatoms. The second-order valence-electron chi connectivity index (χ2n) is 3.86. The van der Waals surface area contributed by atoms with Crippen LogP contribution in [0, 0.1) is 11.3 Å². The van der Waals surface area contributed by atoms with E-state index in [-0.39, 0.29) is 5.57 Å². The summed E-state index contributed by atoms with van der Waals surface area (Å²) in [4.78, 5) is 11.3. The third-order valence-electron chi connectivity index (χ3n) is 2.53. The average molecular weight is 288 g/mol. The molecule has 2 aromatic rings. The molecule has 0 unspecified atom stereocenters. The van der Waals surface area contributed by atoms with Gasteiger partial charge in [0.1, 0.15) is 11.6 Å². The maximum absolute atomic E-state index is 11.3. The molecule has 0 aliphatic heterocycles. The smallest absolute Gasteiger partial charge is 0.348 e. The number of nitriles is 1. The van der Waals surface area contributed by atoms with Crippen molar-refractivity contribution in [2.45, 2.75) is 0 Å². The minimum absolute atomic E-state index is 0.0804. The van der Waals surface area contributed by atoms with E-state index in [9.17, 15) is 4.79 Å². The van der Waals surface area contributed by atoms with E-state index in [0.29, 0.717) is 10.6 Å². The van der Waals surface area contributed by atoms with E-state index in [4.69, 9.17) is 16.9 Å². The topological polar surface area (TPSA) is 67.9 Å². The van der Waals surface area contributed by atoms with Gasteiger partial charge in [-0.2, -0.15) is 10.4 Å². The number of carbonyl (C=O) groups excluding carboxylic acids is 1. The van der Waals surface area contributed by atoms with Crippen molar-refractivity contribution in [3.63, 3.8) is 0 Å². The lowest BCUT2D eigenvalue weighted by atomic mass is 10.2. The monoisotopic (exact) mass is 287 g/mol. The maximum Gasteiger partial charge on any atom is 0.348 e. The minimum Gasteiger partial charge on any atom is -0.465 e. The molecule has 2 rings (SSSR count). The summed E-state index contributed by atoms with van der Waals surface area (Å²) >= 11 is 5.82. The van der Waals surface area contributed by atoms with Crippen LogP contribution in [-0.2, 0) is 9.53 Å². The number of hydrogen-bond donors (Lipinski definition) is 0. The Labute approximate surface area is 120 Å². The second kappa shape index (κ2) is 6.04. The zero-order valence-electron chi connectivity index (χ0n) is 10.6. The summed E-state index contributed by atoms with van der Waals surface area (Å²) < 4.78 is 6.13. The van der Waals surface area contributed by atoms with E-state index in [0.717, 1.165) is 5.69 Å². The molecule has 0 N–H and O–H groups in total. The second-order valence-corrected chi connectivity index (χ2v) is 4.29. The Bertz CT molecular complexity index is 696. The van der Waals surface area contributed by atoms with Crippen molar-refractivity contribution in [2.24, 2.45) is 0 Å². The van der Waals surface area contributed by atoms with E-state index < -0.39 is 5.97 Å². The minimum atomic E-state index is -0.674. The van der Waals surface area contributed by atoms with Crippen LogP contribution in [0.15, 0.2) is 42.2 Å². The van der Waals surface area contributed by atoms with Crippen LogP contribution in [0.4, 0.5) is 0 Å². The van der Waals surface area contributed by atoms with E-state index >= 15 is 0 Å². The maximum atomic E-state index is 11.3. The number of methoxy groups -OCH3 is 1. The summed E-state index contributed by atoms with van der Waals surface area (Å²) in [5.74, 6) is -0.674. The molecule has 1 aromatic carbocycles. The Hall–Kier alpha value is -2.58. The van der Waals surface area contributed by atoms with Crippen LogP contribution >= 0.6 is 11.6 Å². The molecule has 1 aromatic heterocycles. The van der Waals surface area contributed by atoms with E-state index in [1.807, 2.05) is 12.1 Å². The predicted octanol–water partition coefficient (Wildman–Crippen LogP) is 2.61. The fourth-order valence-corrected chi connectivity index (χ4v) is 1.69. The molecule has 1 heterocycles. The summed E-state index contributed by atoms with van der Waals surface area (Å²) in [5.41, 5.74) is 1.37. The number of hydrogen-bond acceptors (Lipinski definition) is 4. The summed E-state index contributed by atoms with van der Waals surface area (Å²) in [7, 11) is 1.23. The van der Waals surface area contributed by atoms with Crippen molar-refractivity contribution >= 4 is 23.6 Å². The van der Waals surface area contributed by atoms with Crippen molar-refractivity contribution in [3.8, 4) is 11.8 Å². The van der Waals surface area contributed by atoms with Crippen molar-refractivity contribution in [1.82, 2.24) is 9.78 Å². The highest BCUT2D eigenvalue weighted by molar-refractivity contribution is 6.30. The first-order valence-corrected chi connectivity index (χ1v) is 6.02. The van der Waals surface area contributed by atoms with Crippen LogP contribution < -0.4 is 0 Å². The Morgan fingerprint density at radius 2 is 2.15 bits per heavy atom. The van der Waals surface area contributed by atoms with Gasteiger partial charge in [-0.1, -0.05) is 11.6 Å². The average Bonchev–Trinajstić information content (AvgIpc) is 2.93. The van der Waals surface area contributed by atoms with Gasteiger partial charge < -0.3 is 4.74 Å². The van der Waals surface area contributed by atoms with Crippen LogP contribution in [-0.4, -0.2) is 22.9 Å². The molecular weight excluding hydrogens is 278 g/mol. The highest BCUT2D eigenvalue weighted by atomic mass is 35.5. The van der Waals surface area contributed by atoms with Gasteiger partial charge in [0.05, 0.1) is 19.0 Å². The predicted molar refractivity (Wildman–Crippen MR) is 74.2 cm³/mol. The molecule has 0 radical (unpaired) electrons. The summed E-state index contributed by atoms with van der Waals surface area (Å²) in [6.07, 6.45) is 4.67. The third kappa shape index (κ3) is 3.05. The molecule has 100 valence electrons. The normalized spacial score (nSPS) is 10.9. The van der Waals surface area contributed by atoms with Crippen LogP contribution in [0.3, 0.4) is 0 Å². The van der Waals surface area contributed by atoms with Crippen LogP contribution in [0.2, 0.25) is 5.02 Å². The lowest BCUT2D eigenvalue weighted by molar-refractivity contribution is -0.135. The van der Waals surface area contributed by atoms with Gasteiger partial charge in [0.2, 0.25) is 0 Å². The number of esters is 1. The molecule has 0 aliphatic rings. The highest BCUT2D eigenvalue weighted by Crippen LogP contribution is 2.14. The van der Waals surface area contributed by atoms with Gasteiger partial charge >= 0.3 is 5.97 Å². The van der Waals surface area contributed by atoms with Gasteiger partial charge in [-0.15, -0.1) is 0 Å². The largest absolute Gasteiger partial charge is 0.465 e. The van der Waals surface area contributed by atoms with Gasteiger partial charge in [0, 0.05) is 16.8 Å². The molecule has 0 spiro atoms. The van der Waals surface area contributed by atoms with Crippen molar-refractivity contribution in [3.05, 3.63) is 52.8 Å². The molecule has 0 bridgehead atoms. The number of benzene rings is 1. The van der Waals surface area contributed by atoms with E-state index in [2.05, 4.69) is 9.84 Å². The quantitative estimate of drug-likeness (QED) is 0.494. The zero-order chi connectivity index (χ0) is 14.5. The zero-order valence-corrected chi connectivity index (χ0v) is 11.3. The van der Waals surface area contributed by atoms with E-state index in [1.54, 1.807) is 35.3 Å². The van der Waals surface area contributed by atoms with Gasteiger partial charge in [-0.25, -0.2) is 9.48 Å². The SMILES string of the molecule is COC(=O)/C(C#N)=C/c1cnn(-c2ccc(Cl)cc2)c1. The number of halogens is 1. The number of carbonyl (C=O) groups is 1. The summed E-state index contributed by atoms with van der Waals surface area (Å²) in [6.45, 7) is 0. The number of rotatable bonds is 3. The van der Waals surface area contributed by atoms with E-state index in [1.165, 1.54) is 13.2 Å². The Kier molecular flexibility index (Phi) is 4.18. The van der Waals surface area contributed by atoms with Gasteiger partial charge in [-0.05, 0) is 30.3 Å².